The lowest BCUT2D eigenvalue weighted by Gasteiger charge is -2.32. The third-order valence-corrected chi connectivity index (χ3v) is 4.85. The van der Waals surface area contributed by atoms with Crippen LogP contribution in [0.3, 0.4) is 0 Å². The molecule has 116 valence electrons. The first-order chi connectivity index (χ1) is 10.2. The summed E-state index contributed by atoms with van der Waals surface area (Å²) in [5, 5.41) is 0. The zero-order valence-corrected chi connectivity index (χ0v) is 13.3. The first-order valence-electron chi connectivity index (χ1n) is 8.12. The Morgan fingerprint density at radius 1 is 1.19 bits per heavy atom. The van der Waals surface area contributed by atoms with E-state index >= 15 is 0 Å². The van der Waals surface area contributed by atoms with E-state index in [-0.39, 0.29) is 5.97 Å². The Kier molecular flexibility index (Phi) is 6.24. The number of rotatable bonds is 6. The molecule has 0 aromatic heterocycles. The van der Waals surface area contributed by atoms with E-state index in [0.717, 1.165) is 19.0 Å². The maximum atomic E-state index is 11.2. The molecule has 1 saturated carbocycles. The lowest BCUT2D eigenvalue weighted by atomic mass is 9.83. The molecule has 0 spiro atoms. The highest BCUT2D eigenvalue weighted by molar-refractivity contribution is 5.69. The number of benzene rings is 1. The third kappa shape index (κ3) is 5.16. The molecule has 1 fully saturated rings. The molecule has 2 rings (SSSR count). The maximum Gasteiger partial charge on any atom is 0.305 e. The average Bonchev–Trinajstić information content (AvgIpc) is 2.54. The van der Waals surface area contributed by atoms with Gasteiger partial charge in [-0.2, -0.15) is 0 Å². The lowest BCUT2D eigenvalue weighted by Crippen LogP contribution is -3.11. The van der Waals surface area contributed by atoms with Crippen molar-refractivity contribution in [3.63, 3.8) is 0 Å². The van der Waals surface area contributed by atoms with Crippen molar-refractivity contribution in [1.29, 1.82) is 0 Å². The molecule has 0 aliphatic heterocycles. The molecule has 1 aromatic rings. The monoisotopic (exact) mass is 290 g/mol. The number of hydrogen-bond donors (Lipinski definition) is 1. The molecular formula is C18H28NO2+. The van der Waals surface area contributed by atoms with E-state index in [2.05, 4.69) is 37.4 Å². The number of quaternary nitrogens is 1. The minimum Gasteiger partial charge on any atom is -0.469 e. The molecule has 0 radical (unpaired) electrons. The van der Waals surface area contributed by atoms with Crippen LogP contribution in [0.4, 0.5) is 0 Å². The Hall–Kier alpha value is -1.35. The van der Waals surface area contributed by atoms with Crippen molar-refractivity contribution < 1.29 is 14.4 Å². The van der Waals surface area contributed by atoms with Gasteiger partial charge in [0.25, 0.3) is 0 Å². The summed E-state index contributed by atoms with van der Waals surface area (Å²) in [7, 11) is 3.79. The van der Waals surface area contributed by atoms with Gasteiger partial charge in [0.15, 0.2) is 0 Å². The Labute approximate surface area is 128 Å². The summed E-state index contributed by atoms with van der Waals surface area (Å²) in [4.78, 5) is 12.8. The highest BCUT2D eigenvalue weighted by Gasteiger charge is 2.26. The normalized spacial score (nSPS) is 23.5. The second kappa shape index (κ2) is 8.18. The predicted molar refractivity (Wildman–Crippen MR) is 84.0 cm³/mol. The van der Waals surface area contributed by atoms with Gasteiger partial charge in [-0.15, -0.1) is 0 Å². The highest BCUT2D eigenvalue weighted by Crippen LogP contribution is 2.27. The summed E-state index contributed by atoms with van der Waals surface area (Å²) in [6.07, 6.45) is 6.66. The topological polar surface area (TPSA) is 30.7 Å². The molecule has 1 aliphatic carbocycles. The van der Waals surface area contributed by atoms with Gasteiger partial charge < -0.3 is 9.64 Å². The van der Waals surface area contributed by atoms with Crippen LogP contribution in [0.1, 0.15) is 44.1 Å². The van der Waals surface area contributed by atoms with Gasteiger partial charge in [-0.1, -0.05) is 30.3 Å². The van der Waals surface area contributed by atoms with Gasteiger partial charge in [-0.25, -0.2) is 0 Å². The molecule has 3 nitrogen and oxygen atoms in total. The quantitative estimate of drug-likeness (QED) is 0.814. The average molecular weight is 290 g/mol. The van der Waals surface area contributed by atoms with E-state index in [9.17, 15) is 4.79 Å². The van der Waals surface area contributed by atoms with Crippen LogP contribution in [-0.4, -0.2) is 26.2 Å². The summed E-state index contributed by atoms with van der Waals surface area (Å²) < 4.78 is 4.72. The Morgan fingerprint density at radius 3 is 2.48 bits per heavy atom. The molecule has 1 aliphatic rings. The SMILES string of the molecule is COC(=O)CCC1CCC([NH+](C)Cc2ccccc2)CC1. The van der Waals surface area contributed by atoms with Crippen LogP contribution in [0.5, 0.6) is 0 Å². The van der Waals surface area contributed by atoms with Gasteiger partial charge >= 0.3 is 5.97 Å². The number of nitrogens with one attached hydrogen (secondary N) is 1. The Balaban J connectivity index is 1.72. The largest absolute Gasteiger partial charge is 0.469 e. The molecule has 0 bridgehead atoms. The first-order valence-corrected chi connectivity index (χ1v) is 8.12. The lowest BCUT2D eigenvalue weighted by molar-refractivity contribution is -0.921. The van der Waals surface area contributed by atoms with Gasteiger partial charge in [0.2, 0.25) is 0 Å². The van der Waals surface area contributed by atoms with Crippen molar-refractivity contribution >= 4 is 5.97 Å². The van der Waals surface area contributed by atoms with Gasteiger partial charge in [0.1, 0.15) is 6.54 Å². The summed E-state index contributed by atoms with van der Waals surface area (Å²) in [6, 6.07) is 11.5. The van der Waals surface area contributed by atoms with E-state index < -0.39 is 0 Å². The minimum absolute atomic E-state index is 0.0658. The van der Waals surface area contributed by atoms with Crippen molar-refractivity contribution in [2.75, 3.05) is 14.2 Å². The number of methoxy groups -OCH3 is 1. The number of esters is 1. The van der Waals surface area contributed by atoms with E-state index in [1.54, 1.807) is 4.90 Å². The number of carbonyl (C=O) groups excluding carboxylic acids is 1. The maximum absolute atomic E-state index is 11.2. The van der Waals surface area contributed by atoms with Crippen molar-refractivity contribution in [1.82, 2.24) is 0 Å². The molecular weight excluding hydrogens is 262 g/mol. The van der Waals surface area contributed by atoms with Crippen LogP contribution in [0.15, 0.2) is 30.3 Å². The molecule has 3 heteroatoms. The van der Waals surface area contributed by atoms with Crippen LogP contribution in [0, 0.1) is 5.92 Å². The fourth-order valence-corrected chi connectivity index (χ4v) is 3.43. The van der Waals surface area contributed by atoms with E-state index in [4.69, 9.17) is 4.74 Å². The van der Waals surface area contributed by atoms with Crippen molar-refractivity contribution in [3.05, 3.63) is 35.9 Å². The number of ether oxygens (including phenoxy) is 1. The molecule has 1 N–H and O–H groups in total. The second-order valence-corrected chi connectivity index (χ2v) is 6.34. The van der Waals surface area contributed by atoms with Crippen LogP contribution in [0.2, 0.25) is 0 Å². The Morgan fingerprint density at radius 2 is 1.86 bits per heavy atom. The van der Waals surface area contributed by atoms with Crippen molar-refractivity contribution in [3.8, 4) is 0 Å². The number of hydrogen-bond acceptors (Lipinski definition) is 2. The fraction of sp³-hybridized carbons (Fsp3) is 0.611. The Bertz CT molecular complexity index is 424. The summed E-state index contributed by atoms with van der Waals surface area (Å²) in [6.45, 7) is 1.11. The van der Waals surface area contributed by atoms with Gasteiger partial charge in [-0.3, -0.25) is 4.79 Å². The molecule has 1 unspecified atom stereocenters. The summed E-state index contributed by atoms with van der Waals surface area (Å²) in [5.41, 5.74) is 1.42. The predicted octanol–water partition coefficient (Wildman–Crippen LogP) is 2.21. The molecule has 0 heterocycles. The van der Waals surface area contributed by atoms with Gasteiger partial charge in [0, 0.05) is 12.0 Å². The standard InChI is InChI=1S/C18H27NO2/c1-19(14-16-6-4-3-5-7-16)17-11-8-15(9-12-17)10-13-18(20)21-2/h3-7,15,17H,8-14H2,1-2H3/p+1. The molecule has 1 atom stereocenters. The third-order valence-electron chi connectivity index (χ3n) is 4.85. The highest BCUT2D eigenvalue weighted by atomic mass is 16.5. The van der Waals surface area contributed by atoms with E-state index in [0.29, 0.717) is 12.3 Å². The molecule has 0 saturated heterocycles. The molecule has 1 aromatic carbocycles. The van der Waals surface area contributed by atoms with E-state index in [1.807, 2.05) is 0 Å². The minimum atomic E-state index is -0.0658. The van der Waals surface area contributed by atoms with Crippen LogP contribution in [0.25, 0.3) is 0 Å². The summed E-state index contributed by atoms with van der Waals surface area (Å²) in [5.74, 6) is 0.647. The smallest absolute Gasteiger partial charge is 0.305 e. The zero-order valence-electron chi connectivity index (χ0n) is 13.3. The first kappa shape index (κ1) is 16.0. The molecule has 0 amide bonds. The van der Waals surface area contributed by atoms with Crippen LogP contribution >= 0.6 is 0 Å². The molecule has 21 heavy (non-hydrogen) atoms. The van der Waals surface area contributed by atoms with Crippen LogP contribution < -0.4 is 4.90 Å². The zero-order chi connectivity index (χ0) is 15.1. The second-order valence-electron chi connectivity index (χ2n) is 6.34. The van der Waals surface area contributed by atoms with E-state index in [1.165, 1.54) is 38.4 Å². The van der Waals surface area contributed by atoms with Crippen LogP contribution in [-0.2, 0) is 16.1 Å². The fourth-order valence-electron chi connectivity index (χ4n) is 3.43. The van der Waals surface area contributed by atoms with Gasteiger partial charge in [-0.05, 0) is 38.0 Å². The number of carbonyl (C=O) groups is 1. The summed E-state index contributed by atoms with van der Waals surface area (Å²) >= 11 is 0. The van der Waals surface area contributed by atoms with Gasteiger partial charge in [0.05, 0.1) is 20.2 Å². The van der Waals surface area contributed by atoms with Crippen molar-refractivity contribution in [2.24, 2.45) is 5.92 Å². The van der Waals surface area contributed by atoms with Crippen molar-refractivity contribution in [2.45, 2.75) is 51.1 Å².